The number of hydrogen-bond acceptors (Lipinski definition) is 3. The lowest BCUT2D eigenvalue weighted by Crippen LogP contribution is -2.17. The first-order chi connectivity index (χ1) is 5.16. The summed E-state index contributed by atoms with van der Waals surface area (Å²) >= 11 is 0. The van der Waals surface area contributed by atoms with E-state index in [1.165, 1.54) is 0 Å². The predicted octanol–water partition coefficient (Wildman–Crippen LogP) is 0.947. The highest BCUT2D eigenvalue weighted by atomic mass is 16.7. The molecule has 0 bridgehead atoms. The van der Waals surface area contributed by atoms with Crippen LogP contribution in [-0.2, 0) is 9.47 Å². The van der Waals surface area contributed by atoms with Gasteiger partial charge in [-0.1, -0.05) is 0 Å². The van der Waals surface area contributed by atoms with Crippen LogP contribution in [0, 0.1) is 0 Å². The van der Waals surface area contributed by atoms with Gasteiger partial charge < -0.3 is 14.4 Å². The van der Waals surface area contributed by atoms with Crippen molar-refractivity contribution in [3.8, 4) is 0 Å². The molecule has 0 aromatic rings. The third-order valence-corrected chi connectivity index (χ3v) is 1.43. The maximum atomic E-state index is 5.29. The number of nitrogens with zero attached hydrogens (tertiary/aromatic N) is 1. The lowest BCUT2D eigenvalue weighted by molar-refractivity contribution is -0.111. The number of rotatable bonds is 6. The second-order valence-corrected chi connectivity index (χ2v) is 2.83. The van der Waals surface area contributed by atoms with E-state index in [0.29, 0.717) is 0 Å². The first-order valence-corrected chi connectivity index (χ1v) is 3.96. The van der Waals surface area contributed by atoms with Crippen molar-refractivity contribution < 1.29 is 9.47 Å². The molecule has 0 aromatic heterocycles. The molecule has 0 amide bonds. The molecule has 3 heteroatoms. The summed E-state index contributed by atoms with van der Waals surface area (Å²) in [6.07, 6.45) is 0.984. The van der Waals surface area contributed by atoms with Crippen molar-refractivity contribution in [3.05, 3.63) is 0 Å². The fourth-order valence-electron chi connectivity index (χ4n) is 0.698. The van der Waals surface area contributed by atoms with Crippen LogP contribution in [0.5, 0.6) is 0 Å². The average Bonchev–Trinajstić information content (AvgIpc) is 1.97. The van der Waals surface area contributed by atoms with Gasteiger partial charge in [0.2, 0.25) is 0 Å². The van der Waals surface area contributed by atoms with E-state index in [9.17, 15) is 0 Å². The third kappa shape index (κ3) is 7.78. The van der Waals surface area contributed by atoms with Crippen LogP contribution in [0.4, 0.5) is 0 Å². The van der Waals surface area contributed by atoms with E-state index in [1.807, 2.05) is 6.92 Å². The molecule has 11 heavy (non-hydrogen) atoms. The highest BCUT2D eigenvalue weighted by molar-refractivity contribution is 4.42. The summed E-state index contributed by atoms with van der Waals surface area (Å²) in [5.41, 5.74) is 0. The van der Waals surface area contributed by atoms with Crippen LogP contribution >= 0.6 is 0 Å². The standard InChI is InChI=1S/C8H19NO2/c1-8(10-4)11-7-5-6-9(2)3/h8H,5-7H2,1-4H3. The molecular formula is C8H19NO2. The second kappa shape index (κ2) is 6.58. The van der Waals surface area contributed by atoms with Gasteiger partial charge in [-0.05, 0) is 34.0 Å². The summed E-state index contributed by atoms with van der Waals surface area (Å²) in [5.74, 6) is 0. The Balaban J connectivity index is 3.01. The molecule has 0 aromatic carbocycles. The van der Waals surface area contributed by atoms with Crippen LogP contribution in [0.1, 0.15) is 13.3 Å². The van der Waals surface area contributed by atoms with Gasteiger partial charge in [0, 0.05) is 7.11 Å². The van der Waals surface area contributed by atoms with Crippen molar-refractivity contribution in [2.75, 3.05) is 34.4 Å². The SMILES string of the molecule is COC(C)OCCCN(C)C. The fraction of sp³-hybridized carbons (Fsp3) is 1.00. The van der Waals surface area contributed by atoms with Gasteiger partial charge in [0.25, 0.3) is 0 Å². The molecule has 0 radical (unpaired) electrons. The lowest BCUT2D eigenvalue weighted by Gasteiger charge is -2.12. The zero-order chi connectivity index (χ0) is 8.69. The molecule has 0 N–H and O–H groups in total. The monoisotopic (exact) mass is 161 g/mol. The Bertz CT molecular complexity index is 86.2. The summed E-state index contributed by atoms with van der Waals surface area (Å²) in [4.78, 5) is 2.14. The molecule has 0 saturated carbocycles. The highest BCUT2D eigenvalue weighted by Gasteiger charge is 1.97. The minimum Gasteiger partial charge on any atom is -0.356 e. The van der Waals surface area contributed by atoms with E-state index in [4.69, 9.17) is 9.47 Å². The summed E-state index contributed by atoms with van der Waals surface area (Å²) < 4.78 is 10.2. The molecule has 1 atom stereocenters. The van der Waals surface area contributed by atoms with Crippen molar-refractivity contribution in [1.82, 2.24) is 4.90 Å². The Kier molecular flexibility index (Phi) is 6.51. The van der Waals surface area contributed by atoms with Gasteiger partial charge in [-0.25, -0.2) is 0 Å². The Labute approximate surface area is 69.3 Å². The van der Waals surface area contributed by atoms with E-state index in [0.717, 1.165) is 19.6 Å². The van der Waals surface area contributed by atoms with Crippen LogP contribution in [0.15, 0.2) is 0 Å². The number of hydrogen-bond donors (Lipinski definition) is 0. The Morgan fingerprint density at radius 3 is 2.45 bits per heavy atom. The van der Waals surface area contributed by atoms with Crippen molar-refractivity contribution in [2.45, 2.75) is 19.6 Å². The van der Waals surface area contributed by atoms with Gasteiger partial charge in [-0.15, -0.1) is 0 Å². The molecule has 0 aliphatic carbocycles. The van der Waals surface area contributed by atoms with Crippen molar-refractivity contribution in [2.24, 2.45) is 0 Å². The summed E-state index contributed by atoms with van der Waals surface area (Å²) in [5, 5.41) is 0. The molecule has 0 aliphatic heterocycles. The van der Waals surface area contributed by atoms with Crippen LogP contribution in [0.2, 0.25) is 0 Å². The molecule has 3 nitrogen and oxygen atoms in total. The van der Waals surface area contributed by atoms with E-state index in [-0.39, 0.29) is 6.29 Å². The van der Waals surface area contributed by atoms with E-state index in [1.54, 1.807) is 7.11 Å². The topological polar surface area (TPSA) is 21.7 Å². The fourth-order valence-corrected chi connectivity index (χ4v) is 0.698. The third-order valence-electron chi connectivity index (χ3n) is 1.43. The van der Waals surface area contributed by atoms with Gasteiger partial charge >= 0.3 is 0 Å². The molecule has 0 fully saturated rings. The molecule has 1 unspecified atom stereocenters. The maximum absolute atomic E-state index is 5.29. The van der Waals surface area contributed by atoms with E-state index >= 15 is 0 Å². The van der Waals surface area contributed by atoms with Gasteiger partial charge in [0.15, 0.2) is 6.29 Å². The average molecular weight is 161 g/mol. The summed E-state index contributed by atoms with van der Waals surface area (Å²) in [6, 6.07) is 0. The summed E-state index contributed by atoms with van der Waals surface area (Å²) in [7, 11) is 5.76. The Morgan fingerprint density at radius 2 is 2.00 bits per heavy atom. The van der Waals surface area contributed by atoms with Crippen molar-refractivity contribution in [1.29, 1.82) is 0 Å². The first kappa shape index (κ1) is 10.9. The highest BCUT2D eigenvalue weighted by Crippen LogP contribution is 1.92. The largest absolute Gasteiger partial charge is 0.356 e. The maximum Gasteiger partial charge on any atom is 0.154 e. The zero-order valence-corrected chi connectivity index (χ0v) is 7.96. The van der Waals surface area contributed by atoms with Crippen LogP contribution in [0.25, 0.3) is 0 Å². The minimum absolute atomic E-state index is 0.0721. The van der Waals surface area contributed by atoms with Gasteiger partial charge in [0.1, 0.15) is 0 Å². The van der Waals surface area contributed by atoms with Gasteiger partial charge in [-0.3, -0.25) is 0 Å². The van der Waals surface area contributed by atoms with Crippen molar-refractivity contribution in [3.63, 3.8) is 0 Å². The van der Waals surface area contributed by atoms with Crippen molar-refractivity contribution >= 4 is 0 Å². The molecule has 0 spiro atoms. The van der Waals surface area contributed by atoms with Crippen LogP contribution in [0.3, 0.4) is 0 Å². The van der Waals surface area contributed by atoms with E-state index < -0.39 is 0 Å². The lowest BCUT2D eigenvalue weighted by atomic mass is 10.4. The summed E-state index contributed by atoms with van der Waals surface area (Å²) in [6.45, 7) is 3.74. The molecule has 0 saturated heterocycles. The molecule has 0 rings (SSSR count). The second-order valence-electron chi connectivity index (χ2n) is 2.83. The zero-order valence-electron chi connectivity index (χ0n) is 7.96. The normalized spacial score (nSPS) is 13.9. The van der Waals surface area contributed by atoms with E-state index in [2.05, 4.69) is 19.0 Å². The molecule has 0 heterocycles. The molecular weight excluding hydrogens is 142 g/mol. The van der Waals surface area contributed by atoms with Gasteiger partial charge in [-0.2, -0.15) is 0 Å². The number of methoxy groups -OCH3 is 1. The first-order valence-electron chi connectivity index (χ1n) is 3.96. The molecule has 68 valence electrons. The quantitative estimate of drug-likeness (QED) is 0.427. The molecule has 0 aliphatic rings. The Hall–Kier alpha value is -0.120. The Morgan fingerprint density at radius 1 is 1.36 bits per heavy atom. The van der Waals surface area contributed by atoms with Crippen LogP contribution in [-0.4, -0.2) is 45.5 Å². The van der Waals surface area contributed by atoms with Gasteiger partial charge in [0.05, 0.1) is 6.61 Å². The van der Waals surface area contributed by atoms with Crippen LogP contribution < -0.4 is 0 Å². The predicted molar refractivity (Wildman–Crippen MR) is 45.6 cm³/mol. The minimum atomic E-state index is -0.0721. The smallest absolute Gasteiger partial charge is 0.154 e. The number of ether oxygens (including phenoxy) is 2.